The lowest BCUT2D eigenvalue weighted by Gasteiger charge is -2.39. The highest BCUT2D eigenvalue weighted by Crippen LogP contribution is 2.41. The van der Waals surface area contributed by atoms with Gasteiger partial charge in [-0.15, -0.1) is 0 Å². The molecular weight excluding hydrogens is 208 g/mol. The van der Waals surface area contributed by atoms with Gasteiger partial charge in [0.15, 0.2) is 0 Å². The molecule has 0 bridgehead atoms. The van der Waals surface area contributed by atoms with Gasteiger partial charge in [0.1, 0.15) is 0 Å². The van der Waals surface area contributed by atoms with Gasteiger partial charge >= 0.3 is 0 Å². The molecule has 1 saturated carbocycles. The molecule has 0 aromatic carbocycles. The van der Waals surface area contributed by atoms with Crippen molar-refractivity contribution in [2.24, 2.45) is 11.3 Å². The van der Waals surface area contributed by atoms with Crippen LogP contribution in [0.4, 0.5) is 0 Å². The van der Waals surface area contributed by atoms with E-state index in [9.17, 15) is 5.11 Å². The normalized spacial score (nSPS) is 27.6. The largest absolute Gasteiger partial charge is 0.392 e. The second-order valence-corrected chi connectivity index (χ2v) is 6.56. The summed E-state index contributed by atoms with van der Waals surface area (Å²) in [7, 11) is 0. The first-order chi connectivity index (χ1) is 7.82. The fourth-order valence-corrected chi connectivity index (χ4v) is 2.76. The molecule has 0 amide bonds. The molecule has 0 radical (unpaired) electrons. The summed E-state index contributed by atoms with van der Waals surface area (Å²) in [6.07, 6.45) is 7.38. The van der Waals surface area contributed by atoms with Gasteiger partial charge < -0.3 is 5.11 Å². The van der Waals surface area contributed by atoms with Crippen molar-refractivity contribution in [3.63, 3.8) is 0 Å². The van der Waals surface area contributed by atoms with Crippen molar-refractivity contribution in [3.8, 4) is 0 Å². The van der Waals surface area contributed by atoms with E-state index in [0.717, 1.165) is 25.7 Å². The van der Waals surface area contributed by atoms with Crippen molar-refractivity contribution in [2.75, 3.05) is 0 Å². The predicted octanol–water partition coefficient (Wildman–Crippen LogP) is 4.48. The zero-order chi connectivity index (χ0) is 13.1. The Labute approximate surface area is 107 Å². The maximum atomic E-state index is 10.2. The first-order valence-electron chi connectivity index (χ1n) is 6.81. The molecule has 17 heavy (non-hydrogen) atoms. The lowest BCUT2D eigenvalue weighted by Crippen LogP contribution is -2.34. The SMILES string of the molecule is C=C(CCC=C(C)C)[C@@H]1CCC(C)(C)C[C@H]1O. The Morgan fingerprint density at radius 2 is 2.06 bits per heavy atom. The standard InChI is InChI=1S/C16H28O/c1-12(2)7-6-8-13(3)14-9-10-16(4,5)11-15(14)17/h7,14-15,17H,3,6,8-11H2,1-2,4-5H3/t14-,15+/m0/s1. The van der Waals surface area contributed by atoms with Crippen LogP contribution in [0.15, 0.2) is 23.8 Å². The summed E-state index contributed by atoms with van der Waals surface area (Å²) in [6.45, 7) is 12.9. The van der Waals surface area contributed by atoms with E-state index < -0.39 is 0 Å². The summed E-state index contributed by atoms with van der Waals surface area (Å²) in [5.41, 5.74) is 2.91. The Kier molecular flexibility index (Phi) is 5.00. The van der Waals surface area contributed by atoms with Gasteiger partial charge in [-0.1, -0.05) is 37.6 Å². The first kappa shape index (κ1) is 14.5. The van der Waals surface area contributed by atoms with Gasteiger partial charge in [-0.2, -0.15) is 0 Å². The van der Waals surface area contributed by atoms with Crippen molar-refractivity contribution >= 4 is 0 Å². The van der Waals surface area contributed by atoms with E-state index in [1.807, 2.05) is 0 Å². The molecule has 0 heterocycles. The van der Waals surface area contributed by atoms with Crippen LogP contribution in [-0.2, 0) is 0 Å². The van der Waals surface area contributed by atoms with Crippen LogP contribution in [0.1, 0.15) is 59.8 Å². The Hall–Kier alpha value is -0.560. The third-order valence-electron chi connectivity index (χ3n) is 3.90. The maximum Gasteiger partial charge on any atom is 0.0610 e. The van der Waals surface area contributed by atoms with Crippen molar-refractivity contribution < 1.29 is 5.11 Å². The molecule has 0 aromatic heterocycles. The molecule has 1 N–H and O–H groups in total. The summed E-state index contributed by atoms with van der Waals surface area (Å²) in [4.78, 5) is 0. The lowest BCUT2D eigenvalue weighted by molar-refractivity contribution is 0.0292. The average Bonchev–Trinajstić information content (AvgIpc) is 2.14. The Morgan fingerprint density at radius 3 is 2.59 bits per heavy atom. The second-order valence-electron chi connectivity index (χ2n) is 6.56. The minimum Gasteiger partial charge on any atom is -0.392 e. The quantitative estimate of drug-likeness (QED) is 0.714. The van der Waals surface area contributed by atoms with Crippen LogP contribution < -0.4 is 0 Å². The highest BCUT2D eigenvalue weighted by Gasteiger charge is 2.34. The molecule has 0 aliphatic heterocycles. The molecule has 0 aromatic rings. The van der Waals surface area contributed by atoms with Crippen molar-refractivity contribution in [3.05, 3.63) is 23.8 Å². The zero-order valence-electron chi connectivity index (χ0n) is 11.9. The number of aliphatic hydroxyl groups is 1. The van der Waals surface area contributed by atoms with Gasteiger partial charge in [-0.05, 0) is 51.4 Å². The molecular formula is C16H28O. The van der Waals surface area contributed by atoms with E-state index in [0.29, 0.717) is 11.3 Å². The minimum absolute atomic E-state index is 0.182. The molecule has 0 spiro atoms. The van der Waals surface area contributed by atoms with Crippen molar-refractivity contribution in [2.45, 2.75) is 65.9 Å². The van der Waals surface area contributed by atoms with Gasteiger partial charge in [-0.3, -0.25) is 0 Å². The van der Waals surface area contributed by atoms with Gasteiger partial charge in [0.05, 0.1) is 6.10 Å². The molecule has 98 valence electrons. The number of allylic oxidation sites excluding steroid dienone is 2. The topological polar surface area (TPSA) is 20.2 Å². The van der Waals surface area contributed by atoms with Crippen LogP contribution in [0, 0.1) is 11.3 Å². The number of hydrogen-bond acceptors (Lipinski definition) is 1. The molecule has 1 heteroatoms. The number of aliphatic hydroxyl groups excluding tert-OH is 1. The van der Waals surface area contributed by atoms with Crippen LogP contribution in [0.25, 0.3) is 0 Å². The van der Waals surface area contributed by atoms with E-state index >= 15 is 0 Å². The molecule has 1 aliphatic rings. The van der Waals surface area contributed by atoms with E-state index in [2.05, 4.69) is 40.3 Å². The summed E-state index contributed by atoms with van der Waals surface area (Å²) < 4.78 is 0. The van der Waals surface area contributed by atoms with Gasteiger partial charge in [0, 0.05) is 5.92 Å². The van der Waals surface area contributed by atoms with Crippen LogP contribution in [0.2, 0.25) is 0 Å². The lowest BCUT2D eigenvalue weighted by atomic mass is 9.69. The summed E-state index contributed by atoms with van der Waals surface area (Å²) >= 11 is 0. The second kappa shape index (κ2) is 5.86. The van der Waals surface area contributed by atoms with Gasteiger partial charge in [0.2, 0.25) is 0 Å². The third-order valence-corrected chi connectivity index (χ3v) is 3.90. The molecule has 1 fully saturated rings. The highest BCUT2D eigenvalue weighted by atomic mass is 16.3. The molecule has 1 aliphatic carbocycles. The van der Waals surface area contributed by atoms with E-state index in [-0.39, 0.29) is 6.10 Å². The Bertz CT molecular complexity index is 295. The fourth-order valence-electron chi connectivity index (χ4n) is 2.76. The van der Waals surface area contributed by atoms with Crippen LogP contribution in [-0.4, -0.2) is 11.2 Å². The average molecular weight is 236 g/mol. The van der Waals surface area contributed by atoms with Crippen molar-refractivity contribution in [1.82, 2.24) is 0 Å². The zero-order valence-corrected chi connectivity index (χ0v) is 11.9. The molecule has 0 saturated heterocycles. The third kappa shape index (κ3) is 4.67. The highest BCUT2D eigenvalue weighted by molar-refractivity contribution is 5.08. The van der Waals surface area contributed by atoms with E-state index in [4.69, 9.17) is 0 Å². The monoisotopic (exact) mass is 236 g/mol. The molecule has 1 rings (SSSR count). The van der Waals surface area contributed by atoms with Gasteiger partial charge in [0.25, 0.3) is 0 Å². The van der Waals surface area contributed by atoms with E-state index in [1.54, 1.807) is 0 Å². The minimum atomic E-state index is -0.182. The molecule has 1 nitrogen and oxygen atoms in total. The van der Waals surface area contributed by atoms with Gasteiger partial charge in [-0.25, -0.2) is 0 Å². The molecule has 0 unspecified atom stereocenters. The molecule has 2 atom stereocenters. The number of rotatable bonds is 4. The first-order valence-corrected chi connectivity index (χ1v) is 6.81. The van der Waals surface area contributed by atoms with Crippen LogP contribution >= 0.6 is 0 Å². The number of hydrogen-bond donors (Lipinski definition) is 1. The maximum absolute atomic E-state index is 10.2. The predicted molar refractivity (Wildman–Crippen MR) is 74.9 cm³/mol. The summed E-state index contributed by atoms with van der Waals surface area (Å²) in [5, 5.41) is 10.2. The van der Waals surface area contributed by atoms with Crippen LogP contribution in [0.3, 0.4) is 0 Å². The Balaban J connectivity index is 2.45. The fraction of sp³-hybridized carbons (Fsp3) is 0.750. The van der Waals surface area contributed by atoms with Crippen molar-refractivity contribution in [1.29, 1.82) is 0 Å². The summed E-state index contributed by atoms with van der Waals surface area (Å²) in [5.74, 6) is 0.327. The van der Waals surface area contributed by atoms with E-state index in [1.165, 1.54) is 17.6 Å². The summed E-state index contributed by atoms with van der Waals surface area (Å²) in [6, 6.07) is 0. The van der Waals surface area contributed by atoms with Crippen LogP contribution in [0.5, 0.6) is 0 Å². The Morgan fingerprint density at radius 1 is 1.41 bits per heavy atom. The smallest absolute Gasteiger partial charge is 0.0610 e.